The van der Waals surface area contributed by atoms with Crippen LogP contribution < -0.4 is 5.32 Å². The van der Waals surface area contributed by atoms with Crippen LogP contribution in [0, 0.1) is 5.92 Å². The highest BCUT2D eigenvalue weighted by Gasteiger charge is 2.20. The Morgan fingerprint density at radius 3 is 2.32 bits per heavy atom. The summed E-state index contributed by atoms with van der Waals surface area (Å²) < 4.78 is 0. The number of amides is 1. The maximum Gasteiger partial charge on any atom is 0.239 e. The van der Waals surface area contributed by atoms with Gasteiger partial charge < -0.3 is 10.2 Å². The van der Waals surface area contributed by atoms with E-state index in [-0.39, 0.29) is 11.9 Å². The Labute approximate surface area is 120 Å². The van der Waals surface area contributed by atoms with Gasteiger partial charge in [-0.15, -0.1) is 0 Å². The molecule has 1 aromatic rings. The van der Waals surface area contributed by atoms with Gasteiger partial charge in [0.05, 0.1) is 6.04 Å². The highest BCUT2D eigenvalue weighted by atomic mass is 35.5. The molecular formula is C15H23ClN2O. The minimum atomic E-state index is -0.134. The smallest absolute Gasteiger partial charge is 0.239 e. The fraction of sp³-hybridized carbons (Fsp3) is 0.533. The summed E-state index contributed by atoms with van der Waals surface area (Å²) >= 11 is 5.85. The Kier molecular flexibility index (Phi) is 6.32. The van der Waals surface area contributed by atoms with Crippen molar-refractivity contribution in [2.24, 2.45) is 5.92 Å². The second-order valence-electron chi connectivity index (χ2n) is 5.42. The minimum absolute atomic E-state index is 0.127. The first kappa shape index (κ1) is 16.0. The number of nitrogens with zero attached hydrogens (tertiary/aromatic N) is 1. The van der Waals surface area contributed by atoms with Crippen LogP contribution in [-0.4, -0.2) is 30.9 Å². The molecule has 0 aliphatic rings. The number of carbonyl (C=O) groups is 1. The Hall–Kier alpha value is -1.06. The highest BCUT2D eigenvalue weighted by molar-refractivity contribution is 6.30. The molecule has 1 N–H and O–H groups in total. The van der Waals surface area contributed by atoms with Gasteiger partial charge in [-0.05, 0) is 30.0 Å². The molecule has 0 saturated carbocycles. The first-order chi connectivity index (χ1) is 8.90. The molecule has 4 heteroatoms. The Morgan fingerprint density at radius 1 is 1.26 bits per heavy atom. The summed E-state index contributed by atoms with van der Waals surface area (Å²) in [6.45, 7) is 4.92. The number of likely N-dealkylation sites (N-methyl/N-ethyl adjacent to an activating group) is 1. The molecule has 1 aromatic carbocycles. The number of nitrogens with one attached hydrogen (secondary N) is 1. The lowest BCUT2D eigenvalue weighted by atomic mass is 10.0. The van der Waals surface area contributed by atoms with Crippen LogP contribution in [0.15, 0.2) is 24.3 Å². The molecule has 0 heterocycles. The largest absolute Gasteiger partial charge is 0.347 e. The summed E-state index contributed by atoms with van der Waals surface area (Å²) in [5, 5.41) is 4.06. The van der Waals surface area contributed by atoms with E-state index in [9.17, 15) is 4.79 Å². The van der Waals surface area contributed by atoms with Crippen molar-refractivity contribution in [3.05, 3.63) is 34.9 Å². The van der Waals surface area contributed by atoms with Gasteiger partial charge in [0.2, 0.25) is 5.91 Å². The van der Waals surface area contributed by atoms with Crippen LogP contribution in [0.1, 0.15) is 25.8 Å². The standard InChI is InChI=1S/C15H23ClN2O/c1-11(2)9-14(15(19)18(3)4)17-10-12-5-7-13(16)8-6-12/h5-8,11,14,17H,9-10H2,1-4H3. The van der Waals surface area contributed by atoms with Gasteiger partial charge in [0, 0.05) is 25.7 Å². The fourth-order valence-corrected chi connectivity index (χ4v) is 2.02. The van der Waals surface area contributed by atoms with Crippen molar-refractivity contribution in [3.63, 3.8) is 0 Å². The summed E-state index contributed by atoms with van der Waals surface area (Å²) in [6, 6.07) is 7.54. The zero-order valence-electron chi connectivity index (χ0n) is 12.1. The van der Waals surface area contributed by atoms with Crippen molar-refractivity contribution in [1.82, 2.24) is 10.2 Å². The van der Waals surface area contributed by atoms with E-state index in [1.165, 1.54) is 0 Å². The van der Waals surface area contributed by atoms with Crippen LogP contribution in [-0.2, 0) is 11.3 Å². The van der Waals surface area contributed by atoms with E-state index in [2.05, 4.69) is 19.2 Å². The molecule has 1 rings (SSSR count). The van der Waals surface area contributed by atoms with Gasteiger partial charge >= 0.3 is 0 Å². The molecule has 1 atom stereocenters. The molecule has 0 radical (unpaired) electrons. The predicted molar refractivity (Wildman–Crippen MR) is 80.2 cm³/mol. The molecule has 0 aromatic heterocycles. The van der Waals surface area contributed by atoms with Crippen molar-refractivity contribution in [3.8, 4) is 0 Å². The molecule has 0 aliphatic carbocycles. The van der Waals surface area contributed by atoms with E-state index in [1.807, 2.05) is 24.3 Å². The van der Waals surface area contributed by atoms with Crippen LogP contribution in [0.2, 0.25) is 5.02 Å². The molecular weight excluding hydrogens is 260 g/mol. The summed E-state index contributed by atoms with van der Waals surface area (Å²) in [4.78, 5) is 13.7. The second-order valence-corrected chi connectivity index (χ2v) is 5.86. The van der Waals surface area contributed by atoms with E-state index in [0.717, 1.165) is 17.0 Å². The average Bonchev–Trinajstić information content (AvgIpc) is 2.35. The van der Waals surface area contributed by atoms with Gasteiger partial charge in [0.1, 0.15) is 0 Å². The van der Waals surface area contributed by atoms with Crippen molar-refractivity contribution >= 4 is 17.5 Å². The Balaban J connectivity index is 2.62. The van der Waals surface area contributed by atoms with E-state index < -0.39 is 0 Å². The van der Waals surface area contributed by atoms with Crippen molar-refractivity contribution < 1.29 is 4.79 Å². The van der Waals surface area contributed by atoms with E-state index in [1.54, 1.807) is 19.0 Å². The molecule has 0 fully saturated rings. The number of benzene rings is 1. The summed E-state index contributed by atoms with van der Waals surface area (Å²) in [5.41, 5.74) is 1.13. The Morgan fingerprint density at radius 2 is 1.84 bits per heavy atom. The lowest BCUT2D eigenvalue weighted by molar-refractivity contribution is -0.131. The molecule has 1 amide bonds. The lowest BCUT2D eigenvalue weighted by Gasteiger charge is -2.23. The summed E-state index contributed by atoms with van der Waals surface area (Å²) in [6.07, 6.45) is 0.838. The fourth-order valence-electron chi connectivity index (χ4n) is 1.90. The predicted octanol–water partition coefficient (Wildman–Crippen LogP) is 2.93. The molecule has 0 spiro atoms. The molecule has 0 saturated heterocycles. The van der Waals surface area contributed by atoms with Gasteiger partial charge in [0.15, 0.2) is 0 Å². The van der Waals surface area contributed by atoms with Crippen LogP contribution in [0.3, 0.4) is 0 Å². The first-order valence-corrected chi connectivity index (χ1v) is 6.97. The van der Waals surface area contributed by atoms with Crippen LogP contribution in [0.4, 0.5) is 0 Å². The monoisotopic (exact) mass is 282 g/mol. The second kappa shape index (κ2) is 7.51. The van der Waals surface area contributed by atoms with Gasteiger partial charge in [-0.3, -0.25) is 4.79 Å². The van der Waals surface area contributed by atoms with E-state index in [0.29, 0.717) is 12.5 Å². The SMILES string of the molecule is CC(C)CC(NCc1ccc(Cl)cc1)C(=O)N(C)C. The van der Waals surface area contributed by atoms with E-state index in [4.69, 9.17) is 11.6 Å². The van der Waals surface area contributed by atoms with Gasteiger partial charge in [-0.25, -0.2) is 0 Å². The summed E-state index contributed by atoms with van der Waals surface area (Å²) in [7, 11) is 3.58. The molecule has 0 aliphatic heterocycles. The Bertz CT molecular complexity index is 401. The number of carbonyl (C=O) groups excluding carboxylic acids is 1. The van der Waals surface area contributed by atoms with Crippen LogP contribution >= 0.6 is 11.6 Å². The maximum absolute atomic E-state index is 12.1. The van der Waals surface area contributed by atoms with Crippen molar-refractivity contribution in [2.75, 3.05) is 14.1 Å². The van der Waals surface area contributed by atoms with Crippen LogP contribution in [0.25, 0.3) is 0 Å². The zero-order chi connectivity index (χ0) is 14.4. The quantitative estimate of drug-likeness (QED) is 0.870. The average molecular weight is 283 g/mol. The highest BCUT2D eigenvalue weighted by Crippen LogP contribution is 2.11. The van der Waals surface area contributed by atoms with Crippen LogP contribution in [0.5, 0.6) is 0 Å². The zero-order valence-corrected chi connectivity index (χ0v) is 12.9. The maximum atomic E-state index is 12.1. The molecule has 1 unspecified atom stereocenters. The van der Waals surface area contributed by atoms with Crippen molar-refractivity contribution in [1.29, 1.82) is 0 Å². The minimum Gasteiger partial charge on any atom is -0.347 e. The topological polar surface area (TPSA) is 32.3 Å². The number of halogens is 1. The normalized spacial score (nSPS) is 12.5. The third-order valence-electron chi connectivity index (χ3n) is 2.91. The molecule has 3 nitrogen and oxygen atoms in total. The van der Waals surface area contributed by atoms with E-state index >= 15 is 0 Å². The third-order valence-corrected chi connectivity index (χ3v) is 3.16. The summed E-state index contributed by atoms with van der Waals surface area (Å²) in [5.74, 6) is 0.606. The number of hydrogen-bond acceptors (Lipinski definition) is 2. The lowest BCUT2D eigenvalue weighted by Crippen LogP contribution is -2.44. The van der Waals surface area contributed by atoms with Crippen molar-refractivity contribution in [2.45, 2.75) is 32.9 Å². The van der Waals surface area contributed by atoms with Gasteiger partial charge in [-0.1, -0.05) is 37.6 Å². The molecule has 0 bridgehead atoms. The molecule has 19 heavy (non-hydrogen) atoms. The third kappa shape index (κ3) is 5.62. The van der Waals surface area contributed by atoms with Gasteiger partial charge in [0.25, 0.3) is 0 Å². The molecule has 106 valence electrons. The van der Waals surface area contributed by atoms with Gasteiger partial charge in [-0.2, -0.15) is 0 Å². The number of hydrogen-bond donors (Lipinski definition) is 1. The first-order valence-electron chi connectivity index (χ1n) is 6.59. The number of rotatable bonds is 6.